The SMILES string of the molecule is Cc1nccc(CNCC(=O)N2CCCC2)n1. The quantitative estimate of drug-likeness (QED) is 0.824. The van der Waals surface area contributed by atoms with Crippen LogP contribution in [-0.4, -0.2) is 40.4 Å². The van der Waals surface area contributed by atoms with Gasteiger partial charge in [-0.2, -0.15) is 0 Å². The largest absolute Gasteiger partial charge is 0.342 e. The lowest BCUT2D eigenvalue weighted by Gasteiger charge is -2.15. The fourth-order valence-corrected chi connectivity index (χ4v) is 1.98. The molecule has 0 bridgehead atoms. The van der Waals surface area contributed by atoms with E-state index in [0.29, 0.717) is 13.1 Å². The Kier molecular flexibility index (Phi) is 4.03. The van der Waals surface area contributed by atoms with Crippen molar-refractivity contribution in [1.82, 2.24) is 20.2 Å². The van der Waals surface area contributed by atoms with Gasteiger partial charge < -0.3 is 10.2 Å². The van der Waals surface area contributed by atoms with Gasteiger partial charge in [0, 0.05) is 25.8 Å². The molecule has 1 fully saturated rings. The molecule has 1 aromatic rings. The van der Waals surface area contributed by atoms with Crippen molar-refractivity contribution in [2.75, 3.05) is 19.6 Å². The van der Waals surface area contributed by atoms with Crippen molar-refractivity contribution in [2.45, 2.75) is 26.3 Å². The molecular formula is C12H18N4O. The molecule has 1 aliphatic rings. The minimum Gasteiger partial charge on any atom is -0.342 e. The zero-order chi connectivity index (χ0) is 12.1. The Bertz CT molecular complexity index is 388. The van der Waals surface area contributed by atoms with Gasteiger partial charge >= 0.3 is 0 Å². The molecule has 2 rings (SSSR count). The summed E-state index contributed by atoms with van der Waals surface area (Å²) in [5.41, 5.74) is 0.923. The van der Waals surface area contributed by atoms with E-state index >= 15 is 0 Å². The predicted molar refractivity (Wildman–Crippen MR) is 64.3 cm³/mol. The van der Waals surface area contributed by atoms with Crippen LogP contribution in [-0.2, 0) is 11.3 Å². The Morgan fingerprint density at radius 1 is 1.47 bits per heavy atom. The summed E-state index contributed by atoms with van der Waals surface area (Å²) < 4.78 is 0. The van der Waals surface area contributed by atoms with Crippen LogP contribution >= 0.6 is 0 Å². The van der Waals surface area contributed by atoms with Crippen molar-refractivity contribution >= 4 is 5.91 Å². The molecule has 0 aromatic carbocycles. The van der Waals surface area contributed by atoms with Gasteiger partial charge in [-0.1, -0.05) is 0 Å². The van der Waals surface area contributed by atoms with Crippen molar-refractivity contribution in [2.24, 2.45) is 0 Å². The monoisotopic (exact) mass is 234 g/mol. The molecule has 5 nitrogen and oxygen atoms in total. The fraction of sp³-hybridized carbons (Fsp3) is 0.583. The first-order valence-electron chi connectivity index (χ1n) is 6.03. The molecule has 1 aromatic heterocycles. The van der Waals surface area contributed by atoms with E-state index in [4.69, 9.17) is 0 Å². The van der Waals surface area contributed by atoms with Gasteiger partial charge in [0.25, 0.3) is 0 Å². The third-order valence-electron chi connectivity index (χ3n) is 2.87. The lowest BCUT2D eigenvalue weighted by molar-refractivity contribution is -0.129. The molecule has 5 heteroatoms. The molecule has 2 heterocycles. The molecule has 1 N–H and O–H groups in total. The Balaban J connectivity index is 1.73. The van der Waals surface area contributed by atoms with Gasteiger partial charge in [-0.3, -0.25) is 4.79 Å². The smallest absolute Gasteiger partial charge is 0.236 e. The van der Waals surface area contributed by atoms with Crippen LogP contribution in [0.1, 0.15) is 24.4 Å². The maximum Gasteiger partial charge on any atom is 0.236 e. The molecule has 0 saturated carbocycles. The molecule has 0 aliphatic carbocycles. The lowest BCUT2D eigenvalue weighted by atomic mass is 10.4. The summed E-state index contributed by atoms with van der Waals surface area (Å²) in [6.45, 7) is 4.69. The maximum atomic E-state index is 11.7. The van der Waals surface area contributed by atoms with E-state index in [9.17, 15) is 4.79 Å². The number of aryl methyl sites for hydroxylation is 1. The molecule has 1 saturated heterocycles. The molecule has 17 heavy (non-hydrogen) atoms. The van der Waals surface area contributed by atoms with Gasteiger partial charge in [0.2, 0.25) is 5.91 Å². The average molecular weight is 234 g/mol. The number of carbonyl (C=O) groups excluding carboxylic acids is 1. The van der Waals surface area contributed by atoms with Crippen LogP contribution in [0.15, 0.2) is 12.3 Å². The van der Waals surface area contributed by atoms with E-state index in [1.54, 1.807) is 6.20 Å². The number of hydrogen-bond acceptors (Lipinski definition) is 4. The Hall–Kier alpha value is -1.49. The van der Waals surface area contributed by atoms with Gasteiger partial charge in [-0.25, -0.2) is 9.97 Å². The molecule has 0 radical (unpaired) electrons. The summed E-state index contributed by atoms with van der Waals surface area (Å²) in [5.74, 6) is 0.948. The van der Waals surface area contributed by atoms with Crippen molar-refractivity contribution < 1.29 is 4.79 Å². The highest BCUT2D eigenvalue weighted by Gasteiger charge is 2.16. The van der Waals surface area contributed by atoms with E-state index in [0.717, 1.165) is 37.4 Å². The van der Waals surface area contributed by atoms with Crippen LogP contribution in [0.3, 0.4) is 0 Å². The Labute approximate surface area is 101 Å². The van der Waals surface area contributed by atoms with Gasteiger partial charge in [-0.05, 0) is 25.8 Å². The van der Waals surface area contributed by atoms with Gasteiger partial charge in [0.1, 0.15) is 5.82 Å². The first kappa shape index (κ1) is 12.0. The number of likely N-dealkylation sites (tertiary alicyclic amines) is 1. The summed E-state index contributed by atoms with van der Waals surface area (Å²) in [5, 5.41) is 3.12. The topological polar surface area (TPSA) is 58.1 Å². The second-order valence-electron chi connectivity index (χ2n) is 4.29. The van der Waals surface area contributed by atoms with E-state index in [1.807, 2.05) is 17.9 Å². The van der Waals surface area contributed by atoms with Crippen molar-refractivity contribution in [1.29, 1.82) is 0 Å². The van der Waals surface area contributed by atoms with Gasteiger partial charge in [0.15, 0.2) is 0 Å². The first-order chi connectivity index (χ1) is 8.25. The molecule has 0 atom stereocenters. The number of hydrogen-bond donors (Lipinski definition) is 1. The second kappa shape index (κ2) is 5.72. The highest BCUT2D eigenvalue weighted by Crippen LogP contribution is 2.06. The zero-order valence-corrected chi connectivity index (χ0v) is 10.1. The van der Waals surface area contributed by atoms with E-state index in [2.05, 4.69) is 15.3 Å². The number of nitrogens with zero attached hydrogens (tertiary/aromatic N) is 3. The minimum atomic E-state index is 0.188. The number of rotatable bonds is 4. The highest BCUT2D eigenvalue weighted by atomic mass is 16.2. The summed E-state index contributed by atoms with van der Waals surface area (Å²) in [4.78, 5) is 21.9. The van der Waals surface area contributed by atoms with Crippen LogP contribution in [0.25, 0.3) is 0 Å². The standard InChI is InChI=1S/C12H18N4O/c1-10-14-5-4-11(15-10)8-13-9-12(17)16-6-2-3-7-16/h4-5,13H,2-3,6-9H2,1H3. The van der Waals surface area contributed by atoms with E-state index in [1.165, 1.54) is 0 Å². The van der Waals surface area contributed by atoms with Crippen molar-refractivity contribution in [3.8, 4) is 0 Å². The van der Waals surface area contributed by atoms with E-state index in [-0.39, 0.29) is 5.91 Å². The third-order valence-corrected chi connectivity index (χ3v) is 2.87. The van der Waals surface area contributed by atoms with Crippen LogP contribution in [0, 0.1) is 6.92 Å². The number of carbonyl (C=O) groups is 1. The van der Waals surface area contributed by atoms with Gasteiger partial charge in [-0.15, -0.1) is 0 Å². The summed E-state index contributed by atoms with van der Waals surface area (Å²) in [7, 11) is 0. The molecule has 0 spiro atoms. The van der Waals surface area contributed by atoms with E-state index < -0.39 is 0 Å². The predicted octanol–water partition coefficient (Wildman–Crippen LogP) is 0.497. The van der Waals surface area contributed by atoms with Gasteiger partial charge in [0.05, 0.1) is 12.2 Å². The van der Waals surface area contributed by atoms with Crippen molar-refractivity contribution in [3.63, 3.8) is 0 Å². The molecule has 0 unspecified atom stereocenters. The minimum absolute atomic E-state index is 0.188. The first-order valence-corrected chi connectivity index (χ1v) is 6.03. The summed E-state index contributed by atoms with van der Waals surface area (Å²) in [6.07, 6.45) is 4.01. The molecule has 92 valence electrons. The van der Waals surface area contributed by atoms with Crippen LogP contribution in [0.5, 0.6) is 0 Å². The number of amides is 1. The zero-order valence-electron chi connectivity index (χ0n) is 10.1. The average Bonchev–Trinajstić information content (AvgIpc) is 2.82. The van der Waals surface area contributed by atoms with Crippen LogP contribution < -0.4 is 5.32 Å². The fourth-order valence-electron chi connectivity index (χ4n) is 1.98. The Morgan fingerprint density at radius 2 is 2.24 bits per heavy atom. The third kappa shape index (κ3) is 3.49. The lowest BCUT2D eigenvalue weighted by Crippen LogP contribution is -2.36. The normalized spacial score (nSPS) is 15.2. The number of nitrogens with one attached hydrogen (secondary N) is 1. The maximum absolute atomic E-state index is 11.7. The summed E-state index contributed by atoms with van der Waals surface area (Å²) >= 11 is 0. The molecular weight excluding hydrogens is 216 g/mol. The summed E-state index contributed by atoms with van der Waals surface area (Å²) in [6, 6.07) is 1.86. The second-order valence-corrected chi connectivity index (χ2v) is 4.29. The highest BCUT2D eigenvalue weighted by molar-refractivity contribution is 5.78. The Morgan fingerprint density at radius 3 is 2.94 bits per heavy atom. The molecule has 1 aliphatic heterocycles. The van der Waals surface area contributed by atoms with Crippen LogP contribution in [0.2, 0.25) is 0 Å². The number of aromatic nitrogens is 2. The molecule has 1 amide bonds. The van der Waals surface area contributed by atoms with Crippen LogP contribution in [0.4, 0.5) is 0 Å². The van der Waals surface area contributed by atoms with Crippen molar-refractivity contribution in [3.05, 3.63) is 23.8 Å².